The average Bonchev–Trinajstić information content (AvgIpc) is 3.38. The molecule has 0 aliphatic carbocycles. The Morgan fingerprint density at radius 2 is 1.85 bits per heavy atom. The van der Waals surface area contributed by atoms with Gasteiger partial charge in [0.2, 0.25) is 11.8 Å². The van der Waals surface area contributed by atoms with Gasteiger partial charge in [-0.2, -0.15) is 0 Å². The van der Waals surface area contributed by atoms with E-state index in [0.717, 1.165) is 22.2 Å². The maximum absolute atomic E-state index is 12.4. The molecular formula is C24H19Cl2N3O3S. The molecule has 0 bridgehead atoms. The number of amides is 2. The van der Waals surface area contributed by atoms with E-state index in [1.807, 2.05) is 13.0 Å². The number of anilines is 2. The highest BCUT2D eigenvalue weighted by molar-refractivity contribution is 7.22. The number of halogens is 2. The number of benzene rings is 2. The van der Waals surface area contributed by atoms with E-state index in [4.69, 9.17) is 27.6 Å². The molecule has 2 amide bonds. The molecule has 6 nitrogen and oxygen atoms in total. The van der Waals surface area contributed by atoms with E-state index in [9.17, 15) is 9.59 Å². The van der Waals surface area contributed by atoms with Crippen molar-refractivity contribution in [3.05, 3.63) is 70.4 Å². The standard InChI is InChI=1S/C24H19Cl2N3O3S/c1-2-3-22(30)29-24-28-19-7-4-17(13-21(19)33-24)27-23(31)9-6-18-5-8-20(32-18)14-10-15(25)12-16(26)11-14/h4-13H,2-3H2,1H3,(H,27,31)(H,28,29,30)/b9-6+. The molecule has 0 radical (unpaired) electrons. The Balaban J connectivity index is 1.41. The molecule has 0 saturated carbocycles. The lowest BCUT2D eigenvalue weighted by Crippen LogP contribution is -2.09. The van der Waals surface area contributed by atoms with Gasteiger partial charge >= 0.3 is 0 Å². The van der Waals surface area contributed by atoms with Crippen LogP contribution in [0.1, 0.15) is 25.5 Å². The van der Waals surface area contributed by atoms with Crippen LogP contribution in [0.15, 0.2) is 59.0 Å². The molecule has 4 aromatic rings. The summed E-state index contributed by atoms with van der Waals surface area (Å²) in [5.74, 6) is 0.743. The predicted molar refractivity (Wildman–Crippen MR) is 135 cm³/mol. The molecule has 0 aliphatic rings. The van der Waals surface area contributed by atoms with Crippen molar-refractivity contribution in [2.75, 3.05) is 10.6 Å². The number of carbonyl (C=O) groups is 2. The summed E-state index contributed by atoms with van der Waals surface area (Å²) in [6, 6.07) is 14.1. The zero-order valence-corrected chi connectivity index (χ0v) is 19.9. The van der Waals surface area contributed by atoms with Gasteiger partial charge in [0.25, 0.3) is 0 Å². The van der Waals surface area contributed by atoms with E-state index in [0.29, 0.717) is 38.8 Å². The van der Waals surface area contributed by atoms with Crippen molar-refractivity contribution in [3.63, 3.8) is 0 Å². The minimum Gasteiger partial charge on any atom is -0.457 e. The van der Waals surface area contributed by atoms with Crippen LogP contribution in [-0.4, -0.2) is 16.8 Å². The zero-order valence-electron chi connectivity index (χ0n) is 17.5. The van der Waals surface area contributed by atoms with Crippen LogP contribution in [0.5, 0.6) is 0 Å². The molecule has 0 unspecified atom stereocenters. The molecule has 2 heterocycles. The Morgan fingerprint density at radius 1 is 1.06 bits per heavy atom. The second-order valence-electron chi connectivity index (χ2n) is 7.18. The summed E-state index contributed by atoms with van der Waals surface area (Å²) in [6.45, 7) is 1.95. The van der Waals surface area contributed by atoms with Crippen molar-refractivity contribution >= 4 is 73.5 Å². The molecule has 0 fully saturated rings. The number of hydrogen-bond acceptors (Lipinski definition) is 5. The number of rotatable bonds is 7. The van der Waals surface area contributed by atoms with Crippen molar-refractivity contribution < 1.29 is 14.0 Å². The molecule has 0 saturated heterocycles. The van der Waals surface area contributed by atoms with Gasteiger partial charge < -0.3 is 15.1 Å². The third-order valence-electron chi connectivity index (χ3n) is 4.55. The van der Waals surface area contributed by atoms with Gasteiger partial charge in [-0.05, 0) is 61.0 Å². The van der Waals surface area contributed by atoms with Crippen molar-refractivity contribution in [2.45, 2.75) is 19.8 Å². The van der Waals surface area contributed by atoms with Crippen LogP contribution >= 0.6 is 34.5 Å². The molecular weight excluding hydrogens is 481 g/mol. The number of hydrogen-bond donors (Lipinski definition) is 2. The Hall–Kier alpha value is -3.13. The van der Waals surface area contributed by atoms with E-state index in [1.54, 1.807) is 48.5 Å². The Morgan fingerprint density at radius 3 is 2.61 bits per heavy atom. The maximum atomic E-state index is 12.4. The Labute approximate surface area is 204 Å². The van der Waals surface area contributed by atoms with Gasteiger partial charge in [-0.15, -0.1) is 0 Å². The lowest BCUT2D eigenvalue weighted by molar-refractivity contribution is -0.116. The molecule has 4 rings (SSSR count). The molecule has 0 atom stereocenters. The van der Waals surface area contributed by atoms with E-state index in [-0.39, 0.29) is 11.8 Å². The normalized spacial score (nSPS) is 11.2. The second-order valence-corrected chi connectivity index (χ2v) is 9.09. The van der Waals surface area contributed by atoms with Crippen LogP contribution in [0, 0.1) is 0 Å². The van der Waals surface area contributed by atoms with Crippen LogP contribution in [0.2, 0.25) is 10.0 Å². The largest absolute Gasteiger partial charge is 0.457 e. The smallest absolute Gasteiger partial charge is 0.248 e. The van der Waals surface area contributed by atoms with Crippen molar-refractivity contribution in [2.24, 2.45) is 0 Å². The lowest BCUT2D eigenvalue weighted by atomic mass is 10.2. The number of carbonyl (C=O) groups excluding carboxylic acids is 2. The highest BCUT2D eigenvalue weighted by Gasteiger charge is 2.09. The van der Waals surface area contributed by atoms with E-state index in [2.05, 4.69) is 15.6 Å². The summed E-state index contributed by atoms with van der Waals surface area (Å²) in [4.78, 5) is 28.5. The summed E-state index contributed by atoms with van der Waals surface area (Å²) in [6.07, 6.45) is 4.20. The number of furan rings is 1. The number of nitrogens with zero attached hydrogens (tertiary/aromatic N) is 1. The van der Waals surface area contributed by atoms with E-state index < -0.39 is 0 Å². The third-order valence-corrected chi connectivity index (χ3v) is 5.92. The Kier molecular flexibility index (Phi) is 7.13. The first-order chi connectivity index (χ1) is 15.9. The molecule has 9 heteroatoms. The fraction of sp³-hybridized carbons (Fsp3) is 0.125. The summed E-state index contributed by atoms with van der Waals surface area (Å²) < 4.78 is 6.63. The molecule has 2 aromatic heterocycles. The van der Waals surface area contributed by atoms with Gasteiger partial charge in [0.05, 0.1) is 10.2 Å². The van der Waals surface area contributed by atoms with Crippen LogP contribution < -0.4 is 10.6 Å². The van der Waals surface area contributed by atoms with Gasteiger partial charge in [0.15, 0.2) is 5.13 Å². The molecule has 2 aromatic carbocycles. The van der Waals surface area contributed by atoms with Crippen LogP contribution in [0.4, 0.5) is 10.8 Å². The molecule has 0 aliphatic heterocycles. The first-order valence-electron chi connectivity index (χ1n) is 10.2. The number of fused-ring (bicyclic) bond motifs is 1. The first-order valence-corrected chi connectivity index (χ1v) is 11.7. The van der Waals surface area contributed by atoms with Gasteiger partial charge in [-0.1, -0.05) is 41.5 Å². The van der Waals surface area contributed by atoms with Gasteiger partial charge in [-0.3, -0.25) is 9.59 Å². The van der Waals surface area contributed by atoms with E-state index >= 15 is 0 Å². The fourth-order valence-corrected chi connectivity index (χ4v) is 4.55. The van der Waals surface area contributed by atoms with Crippen LogP contribution in [-0.2, 0) is 9.59 Å². The lowest BCUT2D eigenvalue weighted by Gasteiger charge is -2.01. The van der Waals surface area contributed by atoms with Gasteiger partial charge in [-0.25, -0.2) is 4.98 Å². The number of thiazole rings is 1. The fourth-order valence-electron chi connectivity index (χ4n) is 3.10. The minimum absolute atomic E-state index is 0.0604. The summed E-state index contributed by atoms with van der Waals surface area (Å²) >= 11 is 13.4. The highest BCUT2D eigenvalue weighted by Crippen LogP contribution is 2.30. The molecule has 168 valence electrons. The van der Waals surface area contributed by atoms with E-state index in [1.165, 1.54) is 17.4 Å². The number of nitrogens with one attached hydrogen (secondary N) is 2. The molecule has 33 heavy (non-hydrogen) atoms. The predicted octanol–water partition coefficient (Wildman–Crippen LogP) is 7.25. The van der Waals surface area contributed by atoms with Crippen molar-refractivity contribution in [1.82, 2.24) is 4.98 Å². The highest BCUT2D eigenvalue weighted by atomic mass is 35.5. The summed E-state index contributed by atoms with van der Waals surface area (Å²) in [5, 5.41) is 7.18. The topological polar surface area (TPSA) is 84.2 Å². The molecule has 2 N–H and O–H groups in total. The second kappa shape index (κ2) is 10.2. The Bertz CT molecular complexity index is 1340. The zero-order chi connectivity index (χ0) is 23.4. The summed E-state index contributed by atoms with van der Waals surface area (Å²) in [5.41, 5.74) is 2.13. The molecule has 0 spiro atoms. The third kappa shape index (κ3) is 6.01. The monoisotopic (exact) mass is 499 g/mol. The van der Waals surface area contributed by atoms with Gasteiger partial charge in [0.1, 0.15) is 11.5 Å². The maximum Gasteiger partial charge on any atom is 0.248 e. The SMILES string of the molecule is CCCC(=O)Nc1nc2ccc(NC(=O)/C=C/c3ccc(-c4cc(Cl)cc(Cl)c4)o3)cc2s1. The van der Waals surface area contributed by atoms with Crippen molar-refractivity contribution in [3.8, 4) is 11.3 Å². The first kappa shape index (κ1) is 23.0. The number of aromatic nitrogens is 1. The minimum atomic E-state index is -0.306. The van der Waals surface area contributed by atoms with Crippen LogP contribution in [0.3, 0.4) is 0 Å². The van der Waals surface area contributed by atoms with Crippen molar-refractivity contribution in [1.29, 1.82) is 0 Å². The van der Waals surface area contributed by atoms with Crippen LogP contribution in [0.25, 0.3) is 27.6 Å². The van der Waals surface area contributed by atoms with Gasteiger partial charge in [0, 0.05) is 33.8 Å². The quantitative estimate of drug-likeness (QED) is 0.262. The summed E-state index contributed by atoms with van der Waals surface area (Å²) in [7, 11) is 0. The average molecular weight is 500 g/mol.